The lowest BCUT2D eigenvalue weighted by molar-refractivity contribution is -0.0503. The molecule has 1 aromatic carbocycles. The fourth-order valence-electron chi connectivity index (χ4n) is 0.868. The maximum Gasteiger partial charge on any atom is 0.387 e. The Hall–Kier alpha value is -1.17. The molecular weight excluding hydrogens is 262 g/mol. The van der Waals surface area contributed by atoms with E-state index in [9.17, 15) is 13.6 Å². The van der Waals surface area contributed by atoms with E-state index in [-0.39, 0.29) is 11.3 Å². The molecule has 6 heteroatoms. The molecular formula is C8H5BrF2O3. The fraction of sp³-hybridized carbons (Fsp3) is 0.125. The summed E-state index contributed by atoms with van der Waals surface area (Å²) in [7, 11) is 0. The van der Waals surface area contributed by atoms with Crippen LogP contribution in [0.25, 0.3) is 0 Å². The molecule has 1 aromatic rings. The van der Waals surface area contributed by atoms with Crippen LogP contribution in [0.1, 0.15) is 10.4 Å². The maximum absolute atomic E-state index is 11.8. The third-order valence-corrected chi connectivity index (χ3v) is 1.88. The number of alkyl halides is 2. The number of ether oxygens (including phenoxy) is 1. The van der Waals surface area contributed by atoms with Crippen molar-refractivity contribution in [3.8, 4) is 5.75 Å². The molecule has 1 rings (SSSR count). The van der Waals surface area contributed by atoms with Crippen molar-refractivity contribution in [3.05, 3.63) is 28.2 Å². The van der Waals surface area contributed by atoms with Crippen LogP contribution >= 0.6 is 15.9 Å². The summed E-state index contributed by atoms with van der Waals surface area (Å²) >= 11 is 3.02. The van der Waals surface area contributed by atoms with Crippen LogP contribution in [0.3, 0.4) is 0 Å². The van der Waals surface area contributed by atoms with Gasteiger partial charge in [-0.05, 0) is 18.2 Å². The van der Waals surface area contributed by atoms with E-state index in [0.717, 1.165) is 0 Å². The first-order valence-electron chi connectivity index (χ1n) is 3.48. The van der Waals surface area contributed by atoms with E-state index >= 15 is 0 Å². The van der Waals surface area contributed by atoms with Gasteiger partial charge in [0.2, 0.25) is 0 Å². The largest absolute Gasteiger partial charge is 0.478 e. The van der Waals surface area contributed by atoms with E-state index in [1.807, 2.05) is 0 Å². The highest BCUT2D eigenvalue weighted by Gasteiger charge is 2.14. The van der Waals surface area contributed by atoms with Crippen molar-refractivity contribution in [3.63, 3.8) is 0 Å². The van der Waals surface area contributed by atoms with E-state index in [1.165, 1.54) is 18.2 Å². The lowest BCUT2D eigenvalue weighted by atomic mass is 10.2. The van der Waals surface area contributed by atoms with Crippen LogP contribution in [-0.2, 0) is 0 Å². The van der Waals surface area contributed by atoms with Gasteiger partial charge in [0.05, 0.1) is 0 Å². The summed E-state index contributed by atoms with van der Waals surface area (Å²) in [5.41, 5.74) is -0.306. The number of carboxylic acids is 1. The molecule has 0 saturated carbocycles. The summed E-state index contributed by atoms with van der Waals surface area (Å²) in [6.07, 6.45) is 0. The summed E-state index contributed by atoms with van der Waals surface area (Å²) in [6.45, 7) is -3.03. The van der Waals surface area contributed by atoms with Gasteiger partial charge < -0.3 is 9.84 Å². The molecule has 0 bridgehead atoms. The molecule has 0 aliphatic carbocycles. The Morgan fingerprint density at radius 2 is 2.14 bits per heavy atom. The van der Waals surface area contributed by atoms with Crippen molar-refractivity contribution in [2.24, 2.45) is 0 Å². The summed E-state index contributed by atoms with van der Waals surface area (Å²) in [6, 6.07) is 3.78. The Morgan fingerprint density at radius 3 is 2.64 bits per heavy atom. The third kappa shape index (κ3) is 2.66. The molecule has 0 amide bonds. The number of benzene rings is 1. The average Bonchev–Trinajstić information content (AvgIpc) is 2.07. The van der Waals surface area contributed by atoms with Crippen LogP contribution in [0, 0.1) is 0 Å². The average molecular weight is 267 g/mol. The van der Waals surface area contributed by atoms with Crippen LogP contribution in [0.5, 0.6) is 5.75 Å². The van der Waals surface area contributed by atoms with Gasteiger partial charge in [-0.1, -0.05) is 15.9 Å². The lowest BCUT2D eigenvalue weighted by Gasteiger charge is -2.07. The van der Waals surface area contributed by atoms with Crippen LogP contribution in [0.15, 0.2) is 22.7 Å². The zero-order valence-electron chi connectivity index (χ0n) is 6.71. The van der Waals surface area contributed by atoms with Crippen LogP contribution < -0.4 is 4.74 Å². The topological polar surface area (TPSA) is 46.5 Å². The number of hydrogen-bond acceptors (Lipinski definition) is 2. The Kier molecular flexibility index (Phi) is 3.40. The molecule has 0 aliphatic rings. The van der Waals surface area contributed by atoms with Gasteiger partial charge in [0.15, 0.2) is 0 Å². The SMILES string of the molecule is O=C(O)c1cc(Br)ccc1OC(F)F. The second-order valence-corrected chi connectivity index (χ2v) is 3.24. The molecule has 14 heavy (non-hydrogen) atoms. The Balaban J connectivity index is 3.08. The summed E-state index contributed by atoms with van der Waals surface area (Å²) < 4.78 is 28.2. The highest BCUT2D eigenvalue weighted by atomic mass is 79.9. The predicted molar refractivity (Wildman–Crippen MR) is 47.7 cm³/mol. The molecule has 0 aliphatic heterocycles. The van der Waals surface area contributed by atoms with E-state index in [1.54, 1.807) is 0 Å². The van der Waals surface area contributed by atoms with Gasteiger partial charge in [-0.15, -0.1) is 0 Å². The summed E-state index contributed by atoms with van der Waals surface area (Å²) in [4.78, 5) is 10.6. The highest BCUT2D eigenvalue weighted by molar-refractivity contribution is 9.10. The normalized spacial score (nSPS) is 10.3. The van der Waals surface area contributed by atoms with Gasteiger partial charge in [0.1, 0.15) is 11.3 Å². The second kappa shape index (κ2) is 4.36. The minimum Gasteiger partial charge on any atom is -0.478 e. The van der Waals surface area contributed by atoms with Crippen LogP contribution in [0.2, 0.25) is 0 Å². The van der Waals surface area contributed by atoms with Crippen molar-refractivity contribution in [2.75, 3.05) is 0 Å². The van der Waals surface area contributed by atoms with E-state index in [4.69, 9.17) is 5.11 Å². The minimum absolute atomic E-state index is 0.306. The third-order valence-electron chi connectivity index (χ3n) is 1.39. The van der Waals surface area contributed by atoms with E-state index in [2.05, 4.69) is 20.7 Å². The molecule has 0 aromatic heterocycles. The minimum atomic E-state index is -3.03. The summed E-state index contributed by atoms with van der Waals surface area (Å²) in [5.74, 6) is -1.67. The Bertz CT molecular complexity index is 354. The van der Waals surface area contributed by atoms with Crippen molar-refractivity contribution in [2.45, 2.75) is 6.61 Å². The monoisotopic (exact) mass is 266 g/mol. The molecule has 76 valence electrons. The molecule has 0 heterocycles. The molecule has 0 radical (unpaired) electrons. The first-order valence-corrected chi connectivity index (χ1v) is 4.27. The molecule has 0 fully saturated rings. The Labute approximate surface area is 86.4 Å². The molecule has 0 saturated heterocycles. The van der Waals surface area contributed by atoms with Gasteiger partial charge in [0.25, 0.3) is 0 Å². The van der Waals surface area contributed by atoms with Gasteiger partial charge in [-0.25, -0.2) is 4.79 Å². The zero-order valence-corrected chi connectivity index (χ0v) is 8.29. The predicted octanol–water partition coefficient (Wildman–Crippen LogP) is 2.75. The van der Waals surface area contributed by atoms with Gasteiger partial charge in [-0.3, -0.25) is 0 Å². The second-order valence-electron chi connectivity index (χ2n) is 2.32. The molecule has 0 spiro atoms. The van der Waals surface area contributed by atoms with Crippen molar-refractivity contribution < 1.29 is 23.4 Å². The smallest absolute Gasteiger partial charge is 0.387 e. The van der Waals surface area contributed by atoms with Crippen LogP contribution in [0.4, 0.5) is 8.78 Å². The van der Waals surface area contributed by atoms with Gasteiger partial charge in [0, 0.05) is 4.47 Å². The number of carboxylic acid groups (broad SMARTS) is 1. The highest BCUT2D eigenvalue weighted by Crippen LogP contribution is 2.24. The van der Waals surface area contributed by atoms with Crippen molar-refractivity contribution in [1.29, 1.82) is 0 Å². The number of carbonyl (C=O) groups is 1. The van der Waals surface area contributed by atoms with E-state index < -0.39 is 12.6 Å². The van der Waals surface area contributed by atoms with Crippen LogP contribution in [-0.4, -0.2) is 17.7 Å². The van der Waals surface area contributed by atoms with Crippen molar-refractivity contribution >= 4 is 21.9 Å². The fourth-order valence-corrected chi connectivity index (χ4v) is 1.23. The number of rotatable bonds is 3. The summed E-state index contributed by atoms with van der Waals surface area (Å²) in [5, 5.41) is 8.66. The first kappa shape index (κ1) is 10.9. The number of aromatic carboxylic acids is 1. The molecule has 0 unspecified atom stereocenters. The molecule has 1 N–H and O–H groups in total. The Morgan fingerprint density at radius 1 is 1.50 bits per heavy atom. The first-order chi connectivity index (χ1) is 6.50. The lowest BCUT2D eigenvalue weighted by Crippen LogP contribution is -2.07. The maximum atomic E-state index is 11.8. The molecule has 0 atom stereocenters. The number of halogens is 3. The number of hydrogen-bond donors (Lipinski definition) is 1. The molecule has 3 nitrogen and oxygen atoms in total. The van der Waals surface area contributed by atoms with Crippen molar-refractivity contribution in [1.82, 2.24) is 0 Å². The van der Waals surface area contributed by atoms with E-state index in [0.29, 0.717) is 4.47 Å². The van der Waals surface area contributed by atoms with Gasteiger partial charge >= 0.3 is 12.6 Å². The zero-order chi connectivity index (χ0) is 10.7. The standard InChI is InChI=1S/C8H5BrF2O3/c9-4-1-2-6(14-8(10)11)5(3-4)7(12)13/h1-3,8H,(H,12,13). The van der Waals surface area contributed by atoms with Gasteiger partial charge in [-0.2, -0.15) is 8.78 Å². The quantitative estimate of drug-likeness (QED) is 0.915.